The van der Waals surface area contributed by atoms with Gasteiger partial charge in [0.05, 0.1) is 11.4 Å². The second kappa shape index (κ2) is 2.94. The first-order valence-electron chi connectivity index (χ1n) is 5.07. The molecule has 2 rings (SSSR count). The Kier molecular flexibility index (Phi) is 1.98. The molecule has 3 heteroatoms. The molecule has 1 aromatic heterocycles. The molecule has 1 aliphatic rings. The van der Waals surface area contributed by atoms with E-state index in [1.54, 1.807) is 0 Å². The monoisotopic (exact) mass is 192 g/mol. The number of hydrogen-bond donors (Lipinski definition) is 0. The predicted octanol–water partition coefficient (Wildman–Crippen LogP) is 2.06. The van der Waals surface area contributed by atoms with Crippen LogP contribution in [-0.2, 0) is 12.8 Å². The van der Waals surface area contributed by atoms with Crippen molar-refractivity contribution in [3.8, 4) is 5.75 Å². The molecule has 0 fully saturated rings. The van der Waals surface area contributed by atoms with Crippen molar-refractivity contribution in [2.45, 2.75) is 46.1 Å². The molecular formula is C11H16N2O. The minimum Gasteiger partial charge on any atom is -0.484 e. The van der Waals surface area contributed by atoms with Crippen molar-refractivity contribution >= 4 is 0 Å². The van der Waals surface area contributed by atoms with Crippen LogP contribution in [0.1, 0.15) is 38.0 Å². The largest absolute Gasteiger partial charge is 0.484 e. The molecule has 0 saturated heterocycles. The first-order chi connectivity index (χ1) is 6.52. The van der Waals surface area contributed by atoms with Crippen molar-refractivity contribution in [1.82, 2.24) is 9.97 Å². The molecule has 1 aromatic rings. The van der Waals surface area contributed by atoms with E-state index in [2.05, 4.69) is 30.7 Å². The molecule has 1 aliphatic heterocycles. The minimum atomic E-state index is -0.116. The van der Waals surface area contributed by atoms with Gasteiger partial charge in [-0.3, -0.25) is 0 Å². The number of fused-ring (bicyclic) bond motifs is 1. The lowest BCUT2D eigenvalue weighted by Gasteiger charge is -2.17. The van der Waals surface area contributed by atoms with E-state index in [1.807, 2.05) is 6.92 Å². The third-order valence-corrected chi connectivity index (χ3v) is 2.42. The first kappa shape index (κ1) is 9.44. The van der Waals surface area contributed by atoms with E-state index in [1.165, 1.54) is 0 Å². The summed E-state index contributed by atoms with van der Waals surface area (Å²) in [7, 11) is 0. The lowest BCUT2D eigenvalue weighted by molar-refractivity contribution is 0.136. The topological polar surface area (TPSA) is 35.0 Å². The van der Waals surface area contributed by atoms with Crippen LogP contribution < -0.4 is 4.74 Å². The van der Waals surface area contributed by atoms with Gasteiger partial charge in [0.25, 0.3) is 0 Å². The Morgan fingerprint density at radius 2 is 2.07 bits per heavy atom. The Labute approximate surface area is 84.5 Å². The Morgan fingerprint density at radius 3 is 2.71 bits per heavy atom. The van der Waals surface area contributed by atoms with Gasteiger partial charge in [-0.25, -0.2) is 9.97 Å². The number of ether oxygens (including phenoxy) is 1. The van der Waals surface area contributed by atoms with E-state index >= 15 is 0 Å². The quantitative estimate of drug-likeness (QED) is 0.683. The maximum Gasteiger partial charge on any atom is 0.163 e. The van der Waals surface area contributed by atoms with E-state index in [-0.39, 0.29) is 5.60 Å². The highest BCUT2D eigenvalue weighted by atomic mass is 16.5. The maximum atomic E-state index is 5.85. The number of aromatic nitrogens is 2. The van der Waals surface area contributed by atoms with Gasteiger partial charge >= 0.3 is 0 Å². The van der Waals surface area contributed by atoms with Crippen LogP contribution in [0.5, 0.6) is 5.75 Å². The van der Waals surface area contributed by atoms with Gasteiger partial charge in [0.1, 0.15) is 11.4 Å². The second-order valence-corrected chi connectivity index (χ2v) is 4.39. The van der Waals surface area contributed by atoms with Gasteiger partial charge in [0.2, 0.25) is 0 Å². The van der Waals surface area contributed by atoms with Crippen LogP contribution in [0, 0.1) is 6.92 Å². The van der Waals surface area contributed by atoms with Crippen molar-refractivity contribution in [3.05, 3.63) is 17.2 Å². The summed E-state index contributed by atoms with van der Waals surface area (Å²) in [4.78, 5) is 8.81. The van der Waals surface area contributed by atoms with Crippen LogP contribution >= 0.6 is 0 Å². The Morgan fingerprint density at radius 1 is 1.36 bits per heavy atom. The molecule has 0 saturated carbocycles. The molecule has 0 atom stereocenters. The number of rotatable bonds is 1. The van der Waals surface area contributed by atoms with Crippen LogP contribution in [0.2, 0.25) is 0 Å². The summed E-state index contributed by atoms with van der Waals surface area (Å²) in [5.74, 6) is 1.77. The summed E-state index contributed by atoms with van der Waals surface area (Å²) in [5.41, 5.74) is 1.99. The minimum absolute atomic E-state index is 0.116. The average molecular weight is 192 g/mol. The molecule has 14 heavy (non-hydrogen) atoms. The van der Waals surface area contributed by atoms with Crippen LogP contribution in [0.3, 0.4) is 0 Å². The van der Waals surface area contributed by atoms with Crippen molar-refractivity contribution in [1.29, 1.82) is 0 Å². The van der Waals surface area contributed by atoms with E-state index in [0.29, 0.717) is 0 Å². The fraction of sp³-hybridized carbons (Fsp3) is 0.636. The number of nitrogens with zero attached hydrogens (tertiary/aromatic N) is 2. The Hall–Kier alpha value is -1.12. The van der Waals surface area contributed by atoms with Gasteiger partial charge in [-0.15, -0.1) is 0 Å². The normalized spacial score (nSPS) is 17.7. The molecule has 0 unspecified atom stereocenters. The zero-order chi connectivity index (χ0) is 10.3. The summed E-state index contributed by atoms with van der Waals surface area (Å²) in [6.45, 7) is 8.20. The van der Waals surface area contributed by atoms with Gasteiger partial charge in [-0.2, -0.15) is 0 Å². The second-order valence-electron chi connectivity index (χ2n) is 4.39. The fourth-order valence-electron chi connectivity index (χ4n) is 1.88. The van der Waals surface area contributed by atoms with E-state index < -0.39 is 0 Å². The Bertz CT molecular complexity index is 372. The SMILES string of the molecule is CCc1nc(C)nc2c1OC(C)(C)C2. The molecule has 0 aromatic carbocycles. The molecular weight excluding hydrogens is 176 g/mol. The molecule has 76 valence electrons. The van der Waals surface area contributed by atoms with E-state index in [4.69, 9.17) is 4.74 Å². The highest BCUT2D eigenvalue weighted by molar-refractivity contribution is 5.38. The molecule has 0 N–H and O–H groups in total. The van der Waals surface area contributed by atoms with Gasteiger partial charge in [0, 0.05) is 6.42 Å². The molecule has 0 amide bonds. The van der Waals surface area contributed by atoms with Crippen molar-refractivity contribution in [3.63, 3.8) is 0 Å². The predicted molar refractivity (Wildman–Crippen MR) is 54.6 cm³/mol. The molecule has 3 nitrogen and oxygen atoms in total. The molecule has 0 radical (unpaired) electrons. The summed E-state index contributed by atoms with van der Waals surface area (Å²) in [6.07, 6.45) is 1.79. The van der Waals surface area contributed by atoms with E-state index in [9.17, 15) is 0 Å². The molecule has 0 spiro atoms. The molecule has 0 aliphatic carbocycles. The van der Waals surface area contributed by atoms with Gasteiger partial charge < -0.3 is 4.74 Å². The number of hydrogen-bond acceptors (Lipinski definition) is 3. The highest BCUT2D eigenvalue weighted by Crippen LogP contribution is 2.35. The summed E-state index contributed by atoms with van der Waals surface area (Å²) in [5, 5.41) is 0. The Balaban J connectivity index is 2.50. The molecule has 0 bridgehead atoms. The summed E-state index contributed by atoms with van der Waals surface area (Å²) >= 11 is 0. The standard InChI is InChI=1S/C11H16N2O/c1-5-8-10-9(13-7(2)12-8)6-11(3,4)14-10/h5-6H2,1-4H3. The molecule has 2 heterocycles. The van der Waals surface area contributed by atoms with Crippen LogP contribution in [-0.4, -0.2) is 15.6 Å². The lowest BCUT2D eigenvalue weighted by Crippen LogP contribution is -2.25. The van der Waals surface area contributed by atoms with Crippen LogP contribution in [0.4, 0.5) is 0 Å². The van der Waals surface area contributed by atoms with Gasteiger partial charge in [-0.05, 0) is 27.2 Å². The maximum absolute atomic E-state index is 5.85. The van der Waals surface area contributed by atoms with Gasteiger partial charge in [0.15, 0.2) is 5.75 Å². The van der Waals surface area contributed by atoms with Gasteiger partial charge in [-0.1, -0.05) is 6.92 Å². The first-order valence-corrected chi connectivity index (χ1v) is 5.07. The number of aryl methyl sites for hydroxylation is 2. The van der Waals surface area contributed by atoms with Crippen LogP contribution in [0.25, 0.3) is 0 Å². The van der Waals surface area contributed by atoms with E-state index in [0.717, 1.165) is 35.8 Å². The van der Waals surface area contributed by atoms with Crippen molar-refractivity contribution < 1.29 is 4.74 Å². The van der Waals surface area contributed by atoms with Crippen molar-refractivity contribution in [2.24, 2.45) is 0 Å². The summed E-state index contributed by atoms with van der Waals surface area (Å²) in [6, 6.07) is 0. The third kappa shape index (κ3) is 1.47. The zero-order valence-corrected chi connectivity index (χ0v) is 9.22. The van der Waals surface area contributed by atoms with Crippen LogP contribution in [0.15, 0.2) is 0 Å². The average Bonchev–Trinajstić information content (AvgIpc) is 2.37. The van der Waals surface area contributed by atoms with Crippen molar-refractivity contribution in [2.75, 3.05) is 0 Å². The lowest BCUT2D eigenvalue weighted by atomic mass is 10.1. The highest BCUT2D eigenvalue weighted by Gasteiger charge is 2.33. The smallest absolute Gasteiger partial charge is 0.163 e. The fourth-order valence-corrected chi connectivity index (χ4v) is 1.88. The zero-order valence-electron chi connectivity index (χ0n) is 9.22. The third-order valence-electron chi connectivity index (χ3n) is 2.42. The summed E-state index contributed by atoms with van der Waals surface area (Å²) < 4.78 is 5.85.